The molecule has 0 unspecified atom stereocenters. The van der Waals surface area contributed by atoms with Crippen LogP contribution in [0.2, 0.25) is 0 Å². The van der Waals surface area contributed by atoms with Gasteiger partial charge in [-0.05, 0) is 36.4 Å². The van der Waals surface area contributed by atoms with E-state index in [0.29, 0.717) is 5.56 Å². The molecule has 1 amide bonds. The van der Waals surface area contributed by atoms with Crippen molar-refractivity contribution in [2.24, 2.45) is 0 Å². The summed E-state index contributed by atoms with van der Waals surface area (Å²) in [7, 11) is 1.66. The Balaban J connectivity index is 0.000000235. The second kappa shape index (κ2) is 9.13. The highest BCUT2D eigenvalue weighted by molar-refractivity contribution is 5.93. The summed E-state index contributed by atoms with van der Waals surface area (Å²) in [6, 6.07) is 15.0. The lowest BCUT2D eigenvalue weighted by atomic mass is 10.2. The van der Waals surface area contributed by atoms with Crippen LogP contribution in [0.25, 0.3) is 0 Å². The lowest BCUT2D eigenvalue weighted by molar-refractivity contribution is -0.123. The lowest BCUT2D eigenvalue weighted by Gasteiger charge is -1.93. The van der Waals surface area contributed by atoms with Crippen LogP contribution in [0.3, 0.4) is 0 Å². The molecule has 0 aliphatic carbocycles. The topological polar surface area (TPSA) is 58.6 Å². The molecule has 0 aromatic heterocycles. The van der Waals surface area contributed by atoms with Gasteiger partial charge in [-0.15, -0.1) is 0 Å². The van der Waals surface area contributed by atoms with Gasteiger partial charge in [0, 0.05) is 11.5 Å². The van der Waals surface area contributed by atoms with Crippen molar-refractivity contribution in [3.8, 4) is 17.6 Å². The van der Waals surface area contributed by atoms with Crippen LogP contribution in [0.1, 0.15) is 5.56 Å². The number of carbonyl (C=O) groups is 1. The third-order valence-electron chi connectivity index (χ3n) is 2.25. The van der Waals surface area contributed by atoms with Crippen molar-refractivity contribution >= 4 is 5.91 Å². The molecule has 4 nitrogen and oxygen atoms in total. The van der Waals surface area contributed by atoms with E-state index in [1.807, 2.05) is 30.3 Å². The van der Waals surface area contributed by atoms with Crippen LogP contribution < -0.4 is 10.2 Å². The monoisotopic (exact) mass is 287 g/mol. The molecule has 0 aliphatic heterocycles. The number of rotatable bonds is 1. The number of ether oxygens (including phenoxy) is 1. The van der Waals surface area contributed by atoms with Gasteiger partial charge in [-0.2, -0.15) is 0 Å². The minimum Gasteiger partial charge on any atom is -0.497 e. The molecule has 0 saturated heterocycles. The van der Waals surface area contributed by atoms with Crippen LogP contribution in [0, 0.1) is 17.7 Å². The quantitative estimate of drug-likeness (QED) is 0.481. The van der Waals surface area contributed by atoms with Gasteiger partial charge in [0.15, 0.2) is 0 Å². The van der Waals surface area contributed by atoms with E-state index in [0.717, 1.165) is 5.75 Å². The van der Waals surface area contributed by atoms with E-state index < -0.39 is 5.91 Å². The SMILES string of the molecule is COc1ccccc1.O=C(C#Cc1ccc(F)cc1)NO. The smallest absolute Gasteiger partial charge is 0.319 e. The molecule has 2 N–H and O–H groups in total. The molecule has 0 aliphatic rings. The lowest BCUT2D eigenvalue weighted by Crippen LogP contribution is -2.15. The third kappa shape index (κ3) is 6.76. The molecule has 0 fully saturated rings. The van der Waals surface area contributed by atoms with E-state index in [4.69, 9.17) is 9.94 Å². The number of methoxy groups -OCH3 is 1. The van der Waals surface area contributed by atoms with Crippen LogP contribution in [0.15, 0.2) is 54.6 Å². The first-order valence-corrected chi connectivity index (χ1v) is 5.96. The normalized spacial score (nSPS) is 8.52. The van der Waals surface area contributed by atoms with Crippen molar-refractivity contribution < 1.29 is 19.1 Å². The Morgan fingerprint density at radius 1 is 1.14 bits per heavy atom. The molecule has 0 saturated carbocycles. The van der Waals surface area contributed by atoms with Crippen molar-refractivity contribution in [2.75, 3.05) is 7.11 Å². The van der Waals surface area contributed by atoms with Gasteiger partial charge in [0.1, 0.15) is 11.6 Å². The fraction of sp³-hybridized carbons (Fsp3) is 0.0625. The maximum atomic E-state index is 12.4. The van der Waals surface area contributed by atoms with E-state index in [1.54, 1.807) is 7.11 Å². The van der Waals surface area contributed by atoms with E-state index in [1.165, 1.54) is 29.7 Å². The molecule has 0 radical (unpaired) electrons. The van der Waals surface area contributed by atoms with Crippen molar-refractivity contribution in [3.63, 3.8) is 0 Å². The molecule has 5 heteroatoms. The fourth-order valence-corrected chi connectivity index (χ4v) is 1.25. The highest BCUT2D eigenvalue weighted by atomic mass is 19.1. The zero-order chi connectivity index (χ0) is 15.5. The highest BCUT2D eigenvalue weighted by Gasteiger charge is 1.90. The van der Waals surface area contributed by atoms with Gasteiger partial charge in [-0.25, -0.2) is 9.87 Å². The second-order valence-corrected chi connectivity index (χ2v) is 3.71. The highest BCUT2D eigenvalue weighted by Crippen LogP contribution is 2.05. The minimum atomic E-state index is -0.802. The van der Waals surface area contributed by atoms with Crippen molar-refractivity contribution in [2.45, 2.75) is 0 Å². The zero-order valence-corrected chi connectivity index (χ0v) is 11.3. The molecule has 0 heterocycles. The van der Waals surface area contributed by atoms with Gasteiger partial charge in [-0.3, -0.25) is 10.0 Å². The maximum absolute atomic E-state index is 12.4. The summed E-state index contributed by atoms with van der Waals surface area (Å²) in [4.78, 5) is 10.4. The predicted molar refractivity (Wildman–Crippen MR) is 76.2 cm³/mol. The molecule has 2 aromatic rings. The summed E-state index contributed by atoms with van der Waals surface area (Å²) in [5.74, 6) is 4.27. The summed E-state index contributed by atoms with van der Waals surface area (Å²) in [6.45, 7) is 0. The summed E-state index contributed by atoms with van der Waals surface area (Å²) in [5, 5.41) is 8.09. The Hall–Kier alpha value is -2.84. The number of carbonyl (C=O) groups excluding carboxylic acids is 1. The van der Waals surface area contributed by atoms with E-state index in [2.05, 4.69) is 11.8 Å². The van der Waals surface area contributed by atoms with Crippen LogP contribution >= 0.6 is 0 Å². The van der Waals surface area contributed by atoms with Gasteiger partial charge >= 0.3 is 5.91 Å². The number of halogens is 1. The molecule has 108 valence electrons. The van der Waals surface area contributed by atoms with Gasteiger partial charge in [0.25, 0.3) is 0 Å². The van der Waals surface area contributed by atoms with Crippen LogP contribution in [0.5, 0.6) is 5.75 Å². The summed E-state index contributed by atoms with van der Waals surface area (Å²) < 4.78 is 17.3. The Morgan fingerprint density at radius 3 is 2.24 bits per heavy atom. The molecule has 2 rings (SSSR count). The largest absolute Gasteiger partial charge is 0.497 e. The number of hydroxylamine groups is 1. The average molecular weight is 287 g/mol. The van der Waals surface area contributed by atoms with Gasteiger partial charge in [0.05, 0.1) is 7.11 Å². The van der Waals surface area contributed by atoms with Crippen LogP contribution in [-0.2, 0) is 4.79 Å². The standard InChI is InChI=1S/C9H6FNO2.C7H8O/c10-8-4-1-7(2-5-8)3-6-9(12)11-13;1-8-7-5-3-2-4-6-7/h1-2,4-5,13H,(H,11,12);2-6H,1H3. The second-order valence-electron chi connectivity index (χ2n) is 3.71. The van der Waals surface area contributed by atoms with Crippen LogP contribution in [0.4, 0.5) is 4.39 Å². The number of para-hydroxylation sites is 1. The predicted octanol–water partition coefficient (Wildman–Crippen LogP) is 2.38. The molecule has 21 heavy (non-hydrogen) atoms. The van der Waals surface area contributed by atoms with Crippen molar-refractivity contribution in [1.82, 2.24) is 5.48 Å². The van der Waals surface area contributed by atoms with Gasteiger partial charge in [0.2, 0.25) is 0 Å². The summed E-state index contributed by atoms with van der Waals surface area (Å²) in [5.41, 5.74) is 1.86. The number of hydrogen-bond donors (Lipinski definition) is 2. The van der Waals surface area contributed by atoms with E-state index >= 15 is 0 Å². The first kappa shape index (κ1) is 16.2. The number of amides is 1. The Bertz CT molecular complexity index is 615. The minimum absolute atomic E-state index is 0.364. The van der Waals surface area contributed by atoms with Crippen molar-refractivity contribution in [1.29, 1.82) is 0 Å². The van der Waals surface area contributed by atoms with Crippen molar-refractivity contribution in [3.05, 3.63) is 66.0 Å². The first-order valence-electron chi connectivity index (χ1n) is 5.96. The fourth-order valence-electron chi connectivity index (χ4n) is 1.25. The zero-order valence-electron chi connectivity index (χ0n) is 11.3. The summed E-state index contributed by atoms with van der Waals surface area (Å²) in [6.07, 6.45) is 0. The van der Waals surface area contributed by atoms with Crippen LogP contribution in [-0.4, -0.2) is 18.2 Å². The third-order valence-corrected chi connectivity index (χ3v) is 2.25. The average Bonchev–Trinajstić information content (AvgIpc) is 2.55. The first-order chi connectivity index (χ1) is 10.2. The number of hydrogen-bond acceptors (Lipinski definition) is 3. The molecular formula is C16H14FNO3. The Morgan fingerprint density at radius 2 is 1.76 bits per heavy atom. The molecule has 0 bridgehead atoms. The van der Waals surface area contributed by atoms with E-state index in [9.17, 15) is 9.18 Å². The number of benzene rings is 2. The van der Waals surface area contributed by atoms with Gasteiger partial charge < -0.3 is 4.74 Å². The van der Waals surface area contributed by atoms with Gasteiger partial charge in [-0.1, -0.05) is 24.1 Å². The number of nitrogens with one attached hydrogen (secondary N) is 1. The van der Waals surface area contributed by atoms with E-state index in [-0.39, 0.29) is 5.82 Å². The summed E-state index contributed by atoms with van der Waals surface area (Å²) >= 11 is 0. The Kier molecular flexibility index (Phi) is 7.05. The Labute approximate surface area is 122 Å². The maximum Gasteiger partial charge on any atom is 0.319 e. The molecule has 2 aromatic carbocycles. The molecule has 0 atom stereocenters. The molecule has 0 spiro atoms. The molecular weight excluding hydrogens is 273 g/mol.